The molecule has 0 bridgehead atoms. The molecule has 0 aromatic rings. The van der Waals surface area contributed by atoms with Crippen molar-refractivity contribution in [2.45, 2.75) is 36.8 Å². The Morgan fingerprint density at radius 1 is 0.424 bits per heavy atom. The Kier molecular flexibility index (Phi) is 12.6. The normalized spacial score (nSPS) is 15.4. The predicted molar refractivity (Wildman–Crippen MR) is 63.9 cm³/mol. The Labute approximate surface area is 166 Å². The van der Waals surface area contributed by atoms with Crippen LogP contribution in [0.25, 0.3) is 0 Å². The number of hydrogen-bond acceptors (Lipinski definition) is 0. The fourth-order valence-corrected chi connectivity index (χ4v) is 0.655. The molecule has 0 nitrogen and oxygen atoms in total. The summed E-state index contributed by atoms with van der Waals surface area (Å²) in [5, 5.41) is 0. The third-order valence-corrected chi connectivity index (χ3v) is 1.87. The molecule has 0 aliphatic carbocycles. The van der Waals surface area contributed by atoms with Gasteiger partial charge in [0.15, 0.2) is 0 Å². The van der Waals surface area contributed by atoms with Gasteiger partial charge in [-0.25, -0.2) is 17.6 Å². The number of rotatable bonds is 1. The highest BCUT2D eigenvalue weighted by molar-refractivity contribution is 5.04. The first-order chi connectivity index (χ1) is 14.0. The van der Waals surface area contributed by atoms with Gasteiger partial charge in [-0.15, -0.1) is 0 Å². The van der Waals surface area contributed by atoms with E-state index in [0.717, 1.165) is 0 Å². The Morgan fingerprint density at radius 3 is 0.727 bits per heavy atom. The maximum atomic E-state index is 11.5. The van der Waals surface area contributed by atoms with Gasteiger partial charge in [0.2, 0.25) is 17.5 Å². The van der Waals surface area contributed by atoms with Crippen LogP contribution in [-0.2, 0) is 0 Å². The molecule has 0 heterocycles. The molecule has 0 radical (unpaired) electrons. The SMILES string of the molecule is FC(=CC(F)(F)F)C(F)(F)F.FC(=CC(F)(F)F)C(F)(F)F.FC=C(F)C(F)(F)C(F)(F)F. The molecule has 33 heavy (non-hydrogen) atoms. The molecule has 21 heteroatoms. The molecule has 0 amide bonds. The fourth-order valence-electron chi connectivity index (χ4n) is 0.655. The van der Waals surface area contributed by atoms with Crippen LogP contribution in [0.15, 0.2) is 36.0 Å². The van der Waals surface area contributed by atoms with Gasteiger partial charge < -0.3 is 0 Å². The Hall–Kier alpha value is -2.25. The largest absolute Gasteiger partial charge is 0.460 e. The van der Waals surface area contributed by atoms with Gasteiger partial charge in [-0.3, -0.25) is 0 Å². The first kappa shape index (κ1) is 35.3. The summed E-state index contributed by atoms with van der Waals surface area (Å²) in [5.74, 6) is -15.2. The van der Waals surface area contributed by atoms with Gasteiger partial charge in [-0.1, -0.05) is 0 Å². The van der Waals surface area contributed by atoms with Crippen molar-refractivity contribution in [3.8, 4) is 0 Å². The second kappa shape index (κ2) is 11.7. The average Bonchev–Trinajstić information content (AvgIpc) is 2.49. The van der Waals surface area contributed by atoms with Crippen LogP contribution in [0, 0.1) is 0 Å². The van der Waals surface area contributed by atoms with Gasteiger partial charge in [0.1, 0.15) is 6.33 Å². The van der Waals surface area contributed by atoms with Crippen LogP contribution in [0.3, 0.4) is 0 Å². The highest BCUT2D eigenvalue weighted by Crippen LogP contribution is 2.41. The lowest BCUT2D eigenvalue weighted by atomic mass is 10.3. The quantitative estimate of drug-likeness (QED) is 0.289. The lowest BCUT2D eigenvalue weighted by Gasteiger charge is -2.16. The molecular formula is C12H3F21. The molecule has 0 saturated heterocycles. The third kappa shape index (κ3) is 17.0. The van der Waals surface area contributed by atoms with E-state index in [1.807, 2.05) is 0 Å². The van der Waals surface area contributed by atoms with Gasteiger partial charge in [0.25, 0.3) is 0 Å². The molecule has 0 N–H and O–H groups in total. The van der Waals surface area contributed by atoms with Crippen molar-refractivity contribution >= 4 is 0 Å². The number of allylic oxidation sites excluding steroid dienone is 5. The molecule has 0 aromatic carbocycles. The summed E-state index contributed by atoms with van der Waals surface area (Å²) >= 11 is 0. The van der Waals surface area contributed by atoms with E-state index < -0.39 is 72.8 Å². The Bertz CT molecular complexity index is 630. The summed E-state index contributed by atoms with van der Waals surface area (Å²) in [6.45, 7) is 0. The van der Waals surface area contributed by atoms with Crippen molar-refractivity contribution in [3.05, 3.63) is 36.0 Å². The van der Waals surface area contributed by atoms with E-state index in [9.17, 15) is 92.2 Å². The summed E-state index contributed by atoms with van der Waals surface area (Å²) in [6, 6.07) is 0. The van der Waals surface area contributed by atoms with Crippen LogP contribution >= 0.6 is 0 Å². The van der Waals surface area contributed by atoms with Crippen molar-refractivity contribution in [2.75, 3.05) is 0 Å². The van der Waals surface area contributed by atoms with Crippen molar-refractivity contribution in [2.24, 2.45) is 0 Å². The molecule has 0 spiro atoms. The van der Waals surface area contributed by atoms with Crippen molar-refractivity contribution in [3.63, 3.8) is 0 Å². The fraction of sp³-hybridized carbons (Fsp3) is 0.500. The zero-order chi connectivity index (χ0) is 27.9. The highest BCUT2D eigenvalue weighted by atomic mass is 19.4. The molecule has 0 saturated carbocycles. The first-order valence-corrected chi connectivity index (χ1v) is 6.44. The zero-order valence-corrected chi connectivity index (χ0v) is 14.2. The average molecular weight is 546 g/mol. The second-order valence-corrected chi connectivity index (χ2v) is 4.59. The zero-order valence-electron chi connectivity index (χ0n) is 14.2. The lowest BCUT2D eigenvalue weighted by Crippen LogP contribution is -2.36. The topological polar surface area (TPSA) is 0 Å². The van der Waals surface area contributed by atoms with Gasteiger partial charge in [0.05, 0.1) is 12.2 Å². The summed E-state index contributed by atoms with van der Waals surface area (Å²) in [5.41, 5.74) is 0. The van der Waals surface area contributed by atoms with E-state index in [2.05, 4.69) is 0 Å². The van der Waals surface area contributed by atoms with E-state index in [0.29, 0.717) is 0 Å². The Balaban J connectivity index is -0.000000409. The van der Waals surface area contributed by atoms with E-state index >= 15 is 0 Å². The van der Waals surface area contributed by atoms with Gasteiger partial charge >= 0.3 is 36.8 Å². The second-order valence-electron chi connectivity index (χ2n) is 4.59. The maximum absolute atomic E-state index is 11.5. The summed E-state index contributed by atoms with van der Waals surface area (Å²) in [7, 11) is 0. The first-order valence-electron chi connectivity index (χ1n) is 6.44. The summed E-state index contributed by atoms with van der Waals surface area (Å²) < 4.78 is 234. The number of hydrogen-bond donors (Lipinski definition) is 0. The molecule has 198 valence electrons. The standard InChI is InChI=1S/3C4HF7/c5-1-2(6)3(7,8)4(9,10)11;2*5-2(4(9,10)11)1-3(6,7)8/h3*1H. The van der Waals surface area contributed by atoms with Crippen molar-refractivity contribution < 1.29 is 92.2 Å². The summed E-state index contributed by atoms with van der Waals surface area (Å²) in [4.78, 5) is 0. The van der Waals surface area contributed by atoms with E-state index in [1.54, 1.807) is 0 Å². The minimum Gasteiger partial charge on any atom is -0.212 e. The third-order valence-electron chi connectivity index (χ3n) is 1.87. The van der Waals surface area contributed by atoms with E-state index in [4.69, 9.17) is 0 Å². The van der Waals surface area contributed by atoms with Crippen molar-refractivity contribution in [1.82, 2.24) is 0 Å². The van der Waals surface area contributed by atoms with Gasteiger partial charge in [0, 0.05) is 0 Å². The van der Waals surface area contributed by atoms with E-state index in [-0.39, 0.29) is 0 Å². The minimum atomic E-state index is -6.10. The van der Waals surface area contributed by atoms with Crippen LogP contribution in [0.4, 0.5) is 92.2 Å². The molecular weight excluding hydrogens is 543 g/mol. The van der Waals surface area contributed by atoms with Crippen LogP contribution in [-0.4, -0.2) is 36.8 Å². The maximum Gasteiger partial charge on any atom is 0.460 e. The lowest BCUT2D eigenvalue weighted by molar-refractivity contribution is -0.270. The van der Waals surface area contributed by atoms with E-state index in [1.165, 1.54) is 0 Å². The molecule has 0 rings (SSSR count). The van der Waals surface area contributed by atoms with Gasteiger partial charge in [-0.05, 0) is 0 Å². The van der Waals surface area contributed by atoms with Crippen LogP contribution in [0.5, 0.6) is 0 Å². The molecule has 0 fully saturated rings. The molecule has 0 aromatic heterocycles. The molecule has 0 aliphatic rings. The van der Waals surface area contributed by atoms with Crippen LogP contribution in [0.1, 0.15) is 0 Å². The van der Waals surface area contributed by atoms with Crippen molar-refractivity contribution in [1.29, 1.82) is 0 Å². The minimum absolute atomic E-state index is 1.42. The molecule has 0 unspecified atom stereocenters. The predicted octanol–water partition coefficient (Wildman–Crippen LogP) is 8.89. The van der Waals surface area contributed by atoms with Crippen LogP contribution < -0.4 is 0 Å². The number of halogens is 21. The smallest absolute Gasteiger partial charge is 0.212 e. The molecule has 0 aliphatic heterocycles. The van der Waals surface area contributed by atoms with Gasteiger partial charge in [-0.2, -0.15) is 74.6 Å². The monoisotopic (exact) mass is 546 g/mol. The Morgan fingerprint density at radius 2 is 0.667 bits per heavy atom. The molecule has 0 atom stereocenters. The van der Waals surface area contributed by atoms with Crippen LogP contribution in [0.2, 0.25) is 0 Å². The summed E-state index contributed by atoms with van der Waals surface area (Å²) in [6.07, 6.45) is -32.1. The highest BCUT2D eigenvalue weighted by Gasteiger charge is 2.61. The number of alkyl halides is 17.